The van der Waals surface area contributed by atoms with E-state index in [1.165, 1.54) is 65.0 Å². The van der Waals surface area contributed by atoms with Gasteiger partial charge in [0.1, 0.15) is 21.0 Å². The zero-order valence-electron chi connectivity index (χ0n) is 32.8. The van der Waals surface area contributed by atoms with E-state index in [1.807, 2.05) is 22.9 Å². The van der Waals surface area contributed by atoms with E-state index in [1.54, 1.807) is 11.8 Å². The number of rotatable bonds is 16. The molecular formula is C39H41Cl2N13S5. The number of nitrogens with one attached hydrogen (secondary N) is 2. The van der Waals surface area contributed by atoms with Crippen molar-refractivity contribution in [2.75, 3.05) is 46.6 Å². The lowest BCUT2D eigenvalue weighted by Crippen LogP contribution is -2.21. The number of halogens is 2. The molecule has 2 aromatic carbocycles. The Morgan fingerprint density at radius 2 is 1.14 bits per heavy atom. The number of fused-ring (bicyclic) bond motifs is 2. The Kier molecular flexibility index (Phi) is 13.5. The quantitative estimate of drug-likeness (QED) is 0.0899. The second-order valence-corrected chi connectivity index (χ2v) is 18.8. The van der Waals surface area contributed by atoms with Crippen molar-refractivity contribution in [3.63, 3.8) is 0 Å². The average Bonchev–Trinajstić information content (AvgIpc) is 4.03. The van der Waals surface area contributed by atoms with Crippen molar-refractivity contribution in [3.05, 3.63) is 57.2 Å². The summed E-state index contributed by atoms with van der Waals surface area (Å²) in [6, 6.07) is 12.2. The van der Waals surface area contributed by atoms with Gasteiger partial charge in [0.25, 0.3) is 0 Å². The van der Waals surface area contributed by atoms with Crippen LogP contribution >= 0.6 is 80.7 Å². The lowest BCUT2D eigenvalue weighted by molar-refractivity contribution is 0.515. The molecular weight excluding hydrogens is 882 g/mol. The summed E-state index contributed by atoms with van der Waals surface area (Å²) in [5, 5.41) is 34.7. The standard InChI is InChI=1S/C39H41Cl2N13S5/c1-5-53(6-2)22-14-16-27(47-49-33-31-25(40)20-55-35(31)51-58-33)29(18-22)42-37-44-38(46-39(45-37)57-24-12-10-9-11-13-24)43-30-19-23(54(7-3)8-4)15-17-28(30)48-50-34-32-26(41)21-56-36(32)52-59-34/h14-21,24H,5-13H2,1-4H3,(H2,42,43,44,45,46). The van der Waals surface area contributed by atoms with Gasteiger partial charge in [-0.3, -0.25) is 0 Å². The minimum absolute atomic E-state index is 0.372. The number of azo groups is 2. The third-order valence-electron chi connectivity index (χ3n) is 9.96. The highest BCUT2D eigenvalue weighted by molar-refractivity contribution is 7.99. The van der Waals surface area contributed by atoms with Crippen LogP contribution in [-0.2, 0) is 0 Å². The Morgan fingerprint density at radius 3 is 1.59 bits per heavy atom. The summed E-state index contributed by atoms with van der Waals surface area (Å²) in [6.07, 6.45) is 5.89. The predicted octanol–water partition coefficient (Wildman–Crippen LogP) is 15.0. The smallest absolute Gasteiger partial charge is 0.233 e. The molecule has 0 saturated heterocycles. The molecule has 5 aromatic heterocycles. The summed E-state index contributed by atoms with van der Waals surface area (Å²) in [6.45, 7) is 11.9. The van der Waals surface area contributed by atoms with Crippen LogP contribution in [0.1, 0.15) is 59.8 Å². The van der Waals surface area contributed by atoms with Crippen LogP contribution in [0.2, 0.25) is 10.0 Å². The first-order valence-electron chi connectivity index (χ1n) is 19.5. The highest BCUT2D eigenvalue weighted by atomic mass is 35.5. The molecule has 0 radical (unpaired) electrons. The molecule has 59 heavy (non-hydrogen) atoms. The molecule has 0 bridgehead atoms. The van der Waals surface area contributed by atoms with Gasteiger partial charge in [0.15, 0.2) is 15.2 Å². The lowest BCUT2D eigenvalue weighted by atomic mass is 10.0. The molecule has 13 nitrogen and oxygen atoms in total. The van der Waals surface area contributed by atoms with E-state index >= 15 is 0 Å². The minimum atomic E-state index is 0.372. The van der Waals surface area contributed by atoms with Gasteiger partial charge in [-0.15, -0.1) is 43.1 Å². The number of thioether (sulfide) groups is 1. The number of hydrogen-bond donors (Lipinski definition) is 2. The molecule has 0 amide bonds. The molecule has 2 N–H and O–H groups in total. The monoisotopic (exact) mass is 921 g/mol. The Hall–Kier alpha value is -4.04. The maximum absolute atomic E-state index is 6.50. The molecule has 0 spiro atoms. The van der Waals surface area contributed by atoms with Gasteiger partial charge in [0.05, 0.1) is 32.2 Å². The van der Waals surface area contributed by atoms with E-state index in [9.17, 15) is 0 Å². The molecule has 306 valence electrons. The summed E-state index contributed by atoms with van der Waals surface area (Å²) in [5.74, 6) is 0.745. The highest BCUT2D eigenvalue weighted by Gasteiger charge is 2.20. The van der Waals surface area contributed by atoms with Gasteiger partial charge < -0.3 is 20.4 Å². The number of hydrogen-bond acceptors (Lipinski definition) is 18. The van der Waals surface area contributed by atoms with Crippen LogP contribution < -0.4 is 20.4 Å². The second-order valence-electron chi connectivity index (χ2n) is 13.5. The van der Waals surface area contributed by atoms with Crippen molar-refractivity contribution in [2.45, 2.75) is 70.2 Å². The largest absolute Gasteiger partial charge is 0.372 e. The molecule has 1 saturated carbocycles. The summed E-state index contributed by atoms with van der Waals surface area (Å²) in [4.78, 5) is 21.2. The SMILES string of the molecule is CCN(CC)c1ccc(N=Nc2snc3scc(Cl)c23)c(Nc2nc(Nc3cc(N(CC)CC)ccc3N=Nc3snc4scc(Cl)c34)nc(SC3CCCCC3)n2)c1. The minimum Gasteiger partial charge on any atom is -0.372 e. The maximum Gasteiger partial charge on any atom is 0.233 e. The third kappa shape index (κ3) is 9.48. The molecule has 1 aliphatic rings. The normalized spacial score (nSPS) is 13.7. The number of benzene rings is 2. The number of anilines is 6. The fourth-order valence-electron chi connectivity index (χ4n) is 6.86. The van der Waals surface area contributed by atoms with Gasteiger partial charge in [0.2, 0.25) is 11.9 Å². The van der Waals surface area contributed by atoms with Crippen LogP contribution in [-0.4, -0.2) is 55.1 Å². The maximum atomic E-state index is 6.50. The Balaban J connectivity index is 1.18. The van der Waals surface area contributed by atoms with E-state index in [4.69, 9.17) is 48.4 Å². The van der Waals surface area contributed by atoms with Crippen molar-refractivity contribution in [1.29, 1.82) is 0 Å². The fraction of sp³-hybridized carbons (Fsp3) is 0.359. The van der Waals surface area contributed by atoms with Crippen LogP contribution in [0.3, 0.4) is 0 Å². The van der Waals surface area contributed by atoms with Crippen LogP contribution in [0.15, 0.2) is 72.8 Å². The van der Waals surface area contributed by atoms with Gasteiger partial charge in [-0.2, -0.15) is 23.7 Å². The molecule has 0 atom stereocenters. The van der Waals surface area contributed by atoms with Gasteiger partial charge in [0, 0.05) is 53.6 Å². The van der Waals surface area contributed by atoms with E-state index in [-0.39, 0.29) is 0 Å². The number of nitrogens with zero attached hydrogens (tertiary/aromatic N) is 11. The van der Waals surface area contributed by atoms with E-state index in [0.717, 1.165) is 70.8 Å². The van der Waals surface area contributed by atoms with Crippen molar-refractivity contribution >= 4 is 157 Å². The van der Waals surface area contributed by atoms with Crippen LogP contribution in [0.5, 0.6) is 0 Å². The third-order valence-corrected chi connectivity index (χ3v) is 15.5. The van der Waals surface area contributed by atoms with Crippen molar-refractivity contribution < 1.29 is 0 Å². The topological polar surface area (TPSA) is 144 Å². The summed E-state index contributed by atoms with van der Waals surface area (Å²) in [7, 11) is 0. The molecule has 7 aromatic rings. The van der Waals surface area contributed by atoms with Gasteiger partial charge >= 0.3 is 0 Å². The average molecular weight is 923 g/mol. The first kappa shape index (κ1) is 41.7. The van der Waals surface area contributed by atoms with E-state index in [2.05, 4.69) is 91.4 Å². The molecule has 20 heteroatoms. The zero-order valence-corrected chi connectivity index (χ0v) is 38.4. The molecule has 1 aliphatic carbocycles. The predicted molar refractivity (Wildman–Crippen MR) is 252 cm³/mol. The number of thiophene rings is 2. The Morgan fingerprint density at radius 1 is 0.661 bits per heavy atom. The molecule has 1 fully saturated rings. The van der Waals surface area contributed by atoms with Gasteiger partial charge in [-0.25, -0.2) is 0 Å². The van der Waals surface area contributed by atoms with Crippen molar-refractivity contribution in [3.8, 4) is 0 Å². The Bertz CT molecular complexity index is 2440. The molecule has 5 heterocycles. The number of aromatic nitrogens is 5. The summed E-state index contributed by atoms with van der Waals surface area (Å²) >= 11 is 20.2. The van der Waals surface area contributed by atoms with Gasteiger partial charge in [-0.1, -0.05) is 54.2 Å². The summed E-state index contributed by atoms with van der Waals surface area (Å²) < 4.78 is 9.02. The van der Waals surface area contributed by atoms with Gasteiger partial charge in [-0.05, 0) is 100.0 Å². The first-order valence-corrected chi connectivity index (χ1v) is 24.4. The van der Waals surface area contributed by atoms with Crippen LogP contribution in [0, 0.1) is 0 Å². The molecule has 0 aliphatic heterocycles. The molecule has 8 rings (SSSR count). The molecule has 0 unspecified atom stereocenters. The van der Waals surface area contributed by atoms with Crippen LogP contribution in [0.25, 0.3) is 20.4 Å². The van der Waals surface area contributed by atoms with E-state index < -0.39 is 0 Å². The Labute approximate surface area is 372 Å². The lowest BCUT2D eigenvalue weighted by Gasteiger charge is -2.23. The first-order chi connectivity index (χ1) is 28.8. The highest BCUT2D eigenvalue weighted by Crippen LogP contribution is 2.43. The zero-order chi connectivity index (χ0) is 40.9. The van der Waals surface area contributed by atoms with E-state index in [0.29, 0.717) is 65.1 Å². The van der Waals surface area contributed by atoms with Crippen molar-refractivity contribution in [1.82, 2.24) is 23.7 Å². The fourth-order valence-corrected chi connectivity index (χ4v) is 12.1. The van der Waals surface area contributed by atoms with Crippen molar-refractivity contribution in [2.24, 2.45) is 20.5 Å². The van der Waals surface area contributed by atoms with Crippen LogP contribution in [0.4, 0.5) is 56.0 Å². The summed E-state index contributed by atoms with van der Waals surface area (Å²) in [5.41, 5.74) is 4.69. The second kappa shape index (κ2) is 19.1.